The molecule has 0 rings (SSSR count). The standard InChI is InChI=1S/C9H16O2/c1-3-5-9(11)7-6-8(10)4-2/h4,6-11H,2-3,5H2,1H3. The van der Waals surface area contributed by atoms with Gasteiger partial charge in [-0.3, -0.25) is 0 Å². The number of rotatable bonds is 5. The third-order valence-corrected chi connectivity index (χ3v) is 1.36. The monoisotopic (exact) mass is 156 g/mol. The molecule has 2 heteroatoms. The summed E-state index contributed by atoms with van der Waals surface area (Å²) in [6.07, 6.45) is 5.14. The molecule has 0 aromatic rings. The number of aliphatic hydroxyl groups is 2. The first-order valence-corrected chi connectivity index (χ1v) is 3.87. The Labute approximate surface area is 67.9 Å². The van der Waals surface area contributed by atoms with Crippen LogP contribution in [0, 0.1) is 0 Å². The van der Waals surface area contributed by atoms with Gasteiger partial charge in [-0.1, -0.05) is 31.6 Å². The van der Waals surface area contributed by atoms with Gasteiger partial charge in [0.1, 0.15) is 0 Å². The van der Waals surface area contributed by atoms with Crippen molar-refractivity contribution in [1.29, 1.82) is 0 Å². The molecule has 0 aromatic carbocycles. The summed E-state index contributed by atoms with van der Waals surface area (Å²) in [5, 5.41) is 18.1. The predicted molar refractivity (Wildman–Crippen MR) is 46.3 cm³/mol. The molecule has 11 heavy (non-hydrogen) atoms. The van der Waals surface area contributed by atoms with Gasteiger partial charge in [0.2, 0.25) is 0 Å². The van der Waals surface area contributed by atoms with Crippen molar-refractivity contribution in [2.24, 2.45) is 0 Å². The Morgan fingerprint density at radius 1 is 1.36 bits per heavy atom. The van der Waals surface area contributed by atoms with Gasteiger partial charge in [0.15, 0.2) is 0 Å². The summed E-state index contributed by atoms with van der Waals surface area (Å²) in [4.78, 5) is 0. The van der Waals surface area contributed by atoms with Gasteiger partial charge in [0, 0.05) is 0 Å². The van der Waals surface area contributed by atoms with E-state index in [-0.39, 0.29) is 0 Å². The van der Waals surface area contributed by atoms with Crippen LogP contribution in [0.4, 0.5) is 0 Å². The van der Waals surface area contributed by atoms with Crippen molar-refractivity contribution < 1.29 is 10.2 Å². The lowest BCUT2D eigenvalue weighted by Crippen LogP contribution is -2.03. The lowest BCUT2D eigenvalue weighted by atomic mass is 10.2. The smallest absolute Gasteiger partial charge is 0.0900 e. The molecule has 0 aliphatic carbocycles. The van der Waals surface area contributed by atoms with E-state index >= 15 is 0 Å². The minimum atomic E-state index is -0.637. The highest BCUT2D eigenvalue weighted by Gasteiger charge is 1.96. The summed E-state index contributed by atoms with van der Waals surface area (Å²) in [5.41, 5.74) is 0. The van der Waals surface area contributed by atoms with E-state index in [0.29, 0.717) is 0 Å². The first-order chi connectivity index (χ1) is 5.20. The van der Waals surface area contributed by atoms with Crippen LogP contribution in [0.2, 0.25) is 0 Å². The van der Waals surface area contributed by atoms with Gasteiger partial charge < -0.3 is 10.2 Å². The molecular weight excluding hydrogens is 140 g/mol. The topological polar surface area (TPSA) is 40.5 Å². The average molecular weight is 156 g/mol. The van der Waals surface area contributed by atoms with Crippen molar-refractivity contribution in [3.8, 4) is 0 Å². The maximum atomic E-state index is 9.16. The van der Waals surface area contributed by atoms with Crippen molar-refractivity contribution >= 4 is 0 Å². The fraction of sp³-hybridized carbons (Fsp3) is 0.556. The van der Waals surface area contributed by atoms with E-state index < -0.39 is 12.2 Å². The van der Waals surface area contributed by atoms with E-state index in [9.17, 15) is 0 Å². The zero-order chi connectivity index (χ0) is 8.69. The van der Waals surface area contributed by atoms with Gasteiger partial charge in [-0.05, 0) is 6.42 Å². The minimum Gasteiger partial charge on any atom is -0.389 e. The third-order valence-electron chi connectivity index (χ3n) is 1.36. The van der Waals surface area contributed by atoms with E-state index in [2.05, 4.69) is 6.58 Å². The molecular formula is C9H16O2. The van der Waals surface area contributed by atoms with Gasteiger partial charge in [-0.15, -0.1) is 6.58 Å². The quantitative estimate of drug-likeness (QED) is 0.588. The van der Waals surface area contributed by atoms with Crippen LogP contribution in [-0.2, 0) is 0 Å². The molecule has 0 saturated heterocycles. The molecule has 64 valence electrons. The van der Waals surface area contributed by atoms with E-state index in [1.165, 1.54) is 12.2 Å². The number of aliphatic hydroxyl groups excluding tert-OH is 2. The third kappa shape index (κ3) is 5.83. The number of hydrogen-bond acceptors (Lipinski definition) is 2. The molecule has 0 spiro atoms. The second-order valence-electron chi connectivity index (χ2n) is 2.47. The summed E-state index contributed by atoms with van der Waals surface area (Å²) in [6, 6.07) is 0. The van der Waals surface area contributed by atoms with E-state index in [4.69, 9.17) is 10.2 Å². The van der Waals surface area contributed by atoms with Crippen molar-refractivity contribution in [3.63, 3.8) is 0 Å². The first-order valence-electron chi connectivity index (χ1n) is 3.87. The largest absolute Gasteiger partial charge is 0.389 e. The lowest BCUT2D eigenvalue weighted by Gasteiger charge is -2.02. The van der Waals surface area contributed by atoms with Crippen LogP contribution >= 0.6 is 0 Å². The Kier molecular flexibility index (Phi) is 5.80. The molecule has 0 fully saturated rings. The molecule has 2 atom stereocenters. The van der Waals surface area contributed by atoms with Gasteiger partial charge in [-0.25, -0.2) is 0 Å². The molecule has 0 bridgehead atoms. The first kappa shape index (κ1) is 10.4. The van der Waals surface area contributed by atoms with E-state index in [1.807, 2.05) is 6.92 Å². The Balaban J connectivity index is 3.62. The normalized spacial score (nSPS) is 16.6. The second kappa shape index (κ2) is 6.13. The highest BCUT2D eigenvalue weighted by atomic mass is 16.3. The van der Waals surface area contributed by atoms with E-state index in [0.717, 1.165) is 12.8 Å². The summed E-state index contributed by atoms with van der Waals surface area (Å²) < 4.78 is 0. The maximum Gasteiger partial charge on any atom is 0.0900 e. The van der Waals surface area contributed by atoms with Crippen LogP contribution in [0.1, 0.15) is 19.8 Å². The molecule has 0 saturated carbocycles. The highest BCUT2D eigenvalue weighted by Crippen LogP contribution is 1.98. The van der Waals surface area contributed by atoms with Gasteiger partial charge >= 0.3 is 0 Å². The van der Waals surface area contributed by atoms with Crippen LogP contribution in [0.5, 0.6) is 0 Å². The molecule has 2 N–H and O–H groups in total. The summed E-state index contributed by atoms with van der Waals surface area (Å²) >= 11 is 0. The fourth-order valence-electron chi connectivity index (χ4n) is 0.713. The fourth-order valence-corrected chi connectivity index (χ4v) is 0.713. The molecule has 0 aliphatic rings. The predicted octanol–water partition coefficient (Wildman–Crippen LogP) is 1.25. The van der Waals surface area contributed by atoms with Crippen LogP contribution < -0.4 is 0 Å². The zero-order valence-electron chi connectivity index (χ0n) is 6.90. The molecule has 0 heterocycles. The second-order valence-corrected chi connectivity index (χ2v) is 2.47. The summed E-state index contributed by atoms with van der Waals surface area (Å²) in [6.45, 7) is 5.40. The molecule has 0 amide bonds. The Hall–Kier alpha value is -0.600. The zero-order valence-corrected chi connectivity index (χ0v) is 6.90. The SMILES string of the molecule is C=CC(O)C=CC(O)CCC. The van der Waals surface area contributed by atoms with Gasteiger partial charge in [-0.2, -0.15) is 0 Å². The molecule has 2 nitrogen and oxygen atoms in total. The van der Waals surface area contributed by atoms with E-state index in [1.54, 1.807) is 6.08 Å². The van der Waals surface area contributed by atoms with Crippen LogP contribution in [0.25, 0.3) is 0 Å². The molecule has 0 radical (unpaired) electrons. The van der Waals surface area contributed by atoms with Gasteiger partial charge in [0.05, 0.1) is 12.2 Å². The van der Waals surface area contributed by atoms with Crippen molar-refractivity contribution in [1.82, 2.24) is 0 Å². The average Bonchev–Trinajstić information content (AvgIpc) is 2.01. The van der Waals surface area contributed by atoms with Crippen LogP contribution in [-0.4, -0.2) is 22.4 Å². The molecule has 0 aliphatic heterocycles. The molecule has 2 unspecified atom stereocenters. The summed E-state index contributed by atoms with van der Waals surface area (Å²) in [7, 11) is 0. The Morgan fingerprint density at radius 2 is 2.00 bits per heavy atom. The lowest BCUT2D eigenvalue weighted by molar-refractivity contribution is 0.208. The Morgan fingerprint density at radius 3 is 2.45 bits per heavy atom. The minimum absolute atomic E-state index is 0.436. The van der Waals surface area contributed by atoms with Crippen molar-refractivity contribution in [2.45, 2.75) is 32.0 Å². The van der Waals surface area contributed by atoms with Crippen LogP contribution in [0.15, 0.2) is 24.8 Å². The Bertz CT molecular complexity index is 130. The van der Waals surface area contributed by atoms with Gasteiger partial charge in [0.25, 0.3) is 0 Å². The maximum absolute atomic E-state index is 9.16. The van der Waals surface area contributed by atoms with Crippen molar-refractivity contribution in [2.75, 3.05) is 0 Å². The molecule has 0 aromatic heterocycles. The van der Waals surface area contributed by atoms with Crippen molar-refractivity contribution in [3.05, 3.63) is 24.8 Å². The highest BCUT2D eigenvalue weighted by molar-refractivity contribution is 5.00. The summed E-state index contributed by atoms with van der Waals surface area (Å²) in [5.74, 6) is 0. The number of hydrogen-bond donors (Lipinski definition) is 2. The van der Waals surface area contributed by atoms with Crippen LogP contribution in [0.3, 0.4) is 0 Å².